The van der Waals surface area contributed by atoms with E-state index in [1.165, 1.54) is 0 Å². The lowest BCUT2D eigenvalue weighted by Crippen LogP contribution is -2.29. The van der Waals surface area contributed by atoms with Crippen molar-refractivity contribution < 1.29 is 4.74 Å². The van der Waals surface area contributed by atoms with Gasteiger partial charge in [0.25, 0.3) is 0 Å². The quantitative estimate of drug-likeness (QED) is 0.788. The summed E-state index contributed by atoms with van der Waals surface area (Å²) in [6.45, 7) is 5.12. The molecule has 2 atom stereocenters. The molecule has 0 aliphatic heterocycles. The van der Waals surface area contributed by atoms with E-state index < -0.39 is 0 Å². The van der Waals surface area contributed by atoms with Crippen molar-refractivity contribution in [1.29, 1.82) is 0 Å². The van der Waals surface area contributed by atoms with Crippen LogP contribution in [-0.2, 0) is 4.74 Å². The standard InChI is InChI=1S/C10H18N2OS/c1-8(4-6-13-3)12-9(2)10-11-5-7-14-10/h5,7-9,12H,4,6H2,1-3H3. The Morgan fingerprint density at radius 2 is 2.36 bits per heavy atom. The van der Waals surface area contributed by atoms with Gasteiger partial charge in [-0.25, -0.2) is 4.98 Å². The van der Waals surface area contributed by atoms with Crippen molar-refractivity contribution in [2.75, 3.05) is 13.7 Å². The van der Waals surface area contributed by atoms with E-state index in [4.69, 9.17) is 4.74 Å². The number of hydrogen-bond acceptors (Lipinski definition) is 4. The Labute approximate surface area is 89.5 Å². The second-order valence-corrected chi connectivity index (χ2v) is 4.37. The highest BCUT2D eigenvalue weighted by molar-refractivity contribution is 7.09. The van der Waals surface area contributed by atoms with Gasteiger partial charge in [-0.2, -0.15) is 0 Å². The number of ether oxygens (including phenoxy) is 1. The molecule has 0 saturated carbocycles. The highest BCUT2D eigenvalue weighted by Gasteiger charge is 2.10. The number of aromatic nitrogens is 1. The maximum Gasteiger partial charge on any atom is 0.109 e. The van der Waals surface area contributed by atoms with Crippen LogP contribution in [-0.4, -0.2) is 24.7 Å². The minimum atomic E-state index is 0.335. The van der Waals surface area contributed by atoms with Crippen LogP contribution in [0.3, 0.4) is 0 Å². The summed E-state index contributed by atoms with van der Waals surface area (Å²) in [6, 6.07) is 0.802. The molecular formula is C10H18N2OS. The second kappa shape index (κ2) is 6.11. The van der Waals surface area contributed by atoms with Gasteiger partial charge in [0.05, 0.1) is 6.04 Å². The van der Waals surface area contributed by atoms with Crippen LogP contribution in [0.25, 0.3) is 0 Å². The molecule has 1 rings (SSSR count). The first kappa shape index (κ1) is 11.6. The summed E-state index contributed by atoms with van der Waals surface area (Å²) in [5.74, 6) is 0. The van der Waals surface area contributed by atoms with Crippen molar-refractivity contribution >= 4 is 11.3 Å². The Morgan fingerprint density at radius 3 is 2.93 bits per heavy atom. The van der Waals surface area contributed by atoms with E-state index in [-0.39, 0.29) is 0 Å². The number of nitrogens with zero attached hydrogens (tertiary/aromatic N) is 1. The number of rotatable bonds is 6. The Kier molecular flexibility index (Phi) is 5.07. The molecular weight excluding hydrogens is 196 g/mol. The zero-order chi connectivity index (χ0) is 10.4. The van der Waals surface area contributed by atoms with Crippen molar-refractivity contribution in [2.45, 2.75) is 32.4 Å². The normalized spacial score (nSPS) is 15.4. The summed E-state index contributed by atoms with van der Waals surface area (Å²) in [4.78, 5) is 4.27. The SMILES string of the molecule is COCCC(C)NC(C)c1nccs1. The first-order chi connectivity index (χ1) is 6.74. The van der Waals surface area contributed by atoms with Crippen LogP contribution >= 0.6 is 11.3 Å². The molecule has 14 heavy (non-hydrogen) atoms. The monoisotopic (exact) mass is 214 g/mol. The predicted molar refractivity (Wildman–Crippen MR) is 59.6 cm³/mol. The molecule has 1 aromatic heterocycles. The van der Waals surface area contributed by atoms with Crippen LogP contribution < -0.4 is 5.32 Å². The maximum absolute atomic E-state index is 5.03. The fourth-order valence-electron chi connectivity index (χ4n) is 1.32. The molecule has 0 aromatic carbocycles. The molecule has 1 heterocycles. The zero-order valence-electron chi connectivity index (χ0n) is 8.99. The topological polar surface area (TPSA) is 34.1 Å². The summed E-state index contributed by atoms with van der Waals surface area (Å²) < 4.78 is 5.03. The van der Waals surface area contributed by atoms with Crippen molar-refractivity contribution in [3.8, 4) is 0 Å². The van der Waals surface area contributed by atoms with E-state index in [2.05, 4.69) is 24.1 Å². The van der Waals surface area contributed by atoms with Crippen molar-refractivity contribution in [2.24, 2.45) is 0 Å². The Hall–Kier alpha value is -0.450. The molecule has 0 aliphatic rings. The highest BCUT2D eigenvalue weighted by atomic mass is 32.1. The number of methoxy groups -OCH3 is 1. The summed E-state index contributed by atoms with van der Waals surface area (Å²) in [7, 11) is 1.73. The molecule has 0 aliphatic carbocycles. The summed E-state index contributed by atoms with van der Waals surface area (Å²) in [5, 5.41) is 6.64. The Balaban J connectivity index is 2.29. The van der Waals surface area contributed by atoms with Crippen molar-refractivity contribution in [3.63, 3.8) is 0 Å². The third-order valence-corrected chi connectivity index (χ3v) is 3.07. The van der Waals surface area contributed by atoms with Crippen molar-refractivity contribution in [1.82, 2.24) is 10.3 Å². The Bertz CT molecular complexity index is 238. The lowest BCUT2D eigenvalue weighted by atomic mass is 10.2. The summed E-state index contributed by atoms with van der Waals surface area (Å²) in [5.41, 5.74) is 0. The van der Waals surface area contributed by atoms with E-state index in [1.54, 1.807) is 18.4 Å². The Morgan fingerprint density at radius 1 is 1.57 bits per heavy atom. The molecule has 0 saturated heterocycles. The molecule has 0 radical (unpaired) electrons. The predicted octanol–water partition coefficient (Wildman–Crippen LogP) is 2.22. The van der Waals surface area contributed by atoms with Gasteiger partial charge in [-0.05, 0) is 20.3 Å². The number of thiazole rings is 1. The lowest BCUT2D eigenvalue weighted by molar-refractivity contribution is 0.183. The zero-order valence-corrected chi connectivity index (χ0v) is 9.80. The molecule has 0 amide bonds. The maximum atomic E-state index is 5.03. The second-order valence-electron chi connectivity index (χ2n) is 3.44. The fraction of sp³-hybridized carbons (Fsp3) is 0.700. The molecule has 0 bridgehead atoms. The smallest absolute Gasteiger partial charge is 0.109 e. The molecule has 80 valence electrons. The minimum Gasteiger partial charge on any atom is -0.385 e. The van der Waals surface area contributed by atoms with Crippen molar-refractivity contribution in [3.05, 3.63) is 16.6 Å². The van der Waals surface area contributed by atoms with Gasteiger partial charge in [-0.15, -0.1) is 11.3 Å². The first-order valence-electron chi connectivity index (χ1n) is 4.88. The van der Waals surface area contributed by atoms with E-state index in [0.29, 0.717) is 12.1 Å². The van der Waals surface area contributed by atoms with Crippen LogP contribution in [0.4, 0.5) is 0 Å². The van der Waals surface area contributed by atoms with E-state index in [1.807, 2.05) is 11.6 Å². The molecule has 1 aromatic rings. The lowest BCUT2D eigenvalue weighted by Gasteiger charge is -2.17. The number of hydrogen-bond donors (Lipinski definition) is 1. The number of nitrogens with one attached hydrogen (secondary N) is 1. The van der Waals surface area contributed by atoms with Gasteiger partial charge in [-0.1, -0.05) is 0 Å². The van der Waals surface area contributed by atoms with Crippen LogP contribution in [0.5, 0.6) is 0 Å². The highest BCUT2D eigenvalue weighted by Crippen LogP contribution is 2.15. The molecule has 1 N–H and O–H groups in total. The molecule has 2 unspecified atom stereocenters. The molecule has 4 heteroatoms. The van der Waals surface area contributed by atoms with Gasteiger partial charge in [0.1, 0.15) is 5.01 Å². The van der Waals surface area contributed by atoms with Crippen LogP contribution in [0.2, 0.25) is 0 Å². The van der Waals surface area contributed by atoms with Gasteiger partial charge >= 0.3 is 0 Å². The van der Waals surface area contributed by atoms with Crippen LogP contribution in [0.1, 0.15) is 31.3 Å². The first-order valence-corrected chi connectivity index (χ1v) is 5.76. The minimum absolute atomic E-state index is 0.335. The van der Waals surface area contributed by atoms with Crippen LogP contribution in [0, 0.1) is 0 Å². The largest absolute Gasteiger partial charge is 0.385 e. The van der Waals surface area contributed by atoms with Crippen LogP contribution in [0.15, 0.2) is 11.6 Å². The summed E-state index contributed by atoms with van der Waals surface area (Å²) in [6.07, 6.45) is 2.88. The van der Waals surface area contributed by atoms with Gasteiger partial charge in [0, 0.05) is 31.3 Å². The van der Waals surface area contributed by atoms with E-state index >= 15 is 0 Å². The van der Waals surface area contributed by atoms with Gasteiger partial charge in [0.2, 0.25) is 0 Å². The van der Waals surface area contributed by atoms with E-state index in [0.717, 1.165) is 18.0 Å². The molecule has 0 spiro atoms. The average Bonchev–Trinajstić information content (AvgIpc) is 2.67. The fourth-order valence-corrected chi connectivity index (χ4v) is 1.98. The summed E-state index contributed by atoms with van der Waals surface area (Å²) >= 11 is 1.69. The van der Waals surface area contributed by atoms with Gasteiger partial charge < -0.3 is 10.1 Å². The van der Waals surface area contributed by atoms with E-state index in [9.17, 15) is 0 Å². The van der Waals surface area contributed by atoms with Gasteiger partial charge in [0.15, 0.2) is 0 Å². The third-order valence-electron chi connectivity index (χ3n) is 2.11. The van der Waals surface area contributed by atoms with Gasteiger partial charge in [-0.3, -0.25) is 0 Å². The average molecular weight is 214 g/mol. The molecule has 3 nitrogen and oxygen atoms in total. The molecule has 0 fully saturated rings. The third kappa shape index (κ3) is 3.74.